The SMILES string of the molecule is Cc1c(C)c2c3c(c(C)c(C)c(O)c3c1C)C(C)(C)N(C)C2(C)C. The van der Waals surface area contributed by atoms with Crippen molar-refractivity contribution in [3.05, 3.63) is 38.9 Å². The lowest BCUT2D eigenvalue weighted by molar-refractivity contribution is 0.0344. The normalized spacial score (nSPS) is 19.1. The largest absolute Gasteiger partial charge is 0.507 e. The Hall–Kier alpha value is -1.54. The second-order valence-corrected chi connectivity index (χ2v) is 8.65. The highest BCUT2D eigenvalue weighted by molar-refractivity contribution is 6.01. The van der Waals surface area contributed by atoms with E-state index in [0.717, 1.165) is 10.9 Å². The Morgan fingerprint density at radius 1 is 0.625 bits per heavy atom. The molecule has 1 heterocycles. The van der Waals surface area contributed by atoms with Gasteiger partial charge in [-0.25, -0.2) is 0 Å². The van der Waals surface area contributed by atoms with Crippen LogP contribution in [0.4, 0.5) is 0 Å². The molecule has 2 aromatic carbocycles. The lowest BCUT2D eigenvalue weighted by atomic mass is 9.69. The number of nitrogens with zero attached hydrogens (tertiary/aromatic N) is 1. The van der Waals surface area contributed by atoms with Gasteiger partial charge in [-0.15, -0.1) is 0 Å². The van der Waals surface area contributed by atoms with Crippen LogP contribution in [0.5, 0.6) is 5.75 Å². The van der Waals surface area contributed by atoms with Crippen molar-refractivity contribution >= 4 is 10.8 Å². The van der Waals surface area contributed by atoms with E-state index in [1.54, 1.807) is 0 Å². The van der Waals surface area contributed by atoms with Crippen LogP contribution >= 0.6 is 0 Å². The van der Waals surface area contributed by atoms with Crippen molar-refractivity contribution < 1.29 is 5.11 Å². The number of aryl methyl sites for hydroxylation is 1. The van der Waals surface area contributed by atoms with E-state index in [1.807, 2.05) is 6.92 Å². The topological polar surface area (TPSA) is 23.5 Å². The van der Waals surface area contributed by atoms with E-state index in [0.29, 0.717) is 5.75 Å². The van der Waals surface area contributed by atoms with Gasteiger partial charge >= 0.3 is 0 Å². The molecular formula is C22H31NO. The summed E-state index contributed by atoms with van der Waals surface area (Å²) in [5, 5.41) is 13.3. The summed E-state index contributed by atoms with van der Waals surface area (Å²) in [7, 11) is 2.23. The number of rotatable bonds is 0. The van der Waals surface area contributed by atoms with Crippen LogP contribution in [0.2, 0.25) is 0 Å². The smallest absolute Gasteiger partial charge is 0.126 e. The van der Waals surface area contributed by atoms with Crippen LogP contribution in [0, 0.1) is 34.6 Å². The molecule has 0 aromatic heterocycles. The van der Waals surface area contributed by atoms with E-state index < -0.39 is 0 Å². The third-order valence-electron chi connectivity index (χ3n) is 7.06. The van der Waals surface area contributed by atoms with Crippen LogP contribution in [0.1, 0.15) is 66.6 Å². The van der Waals surface area contributed by atoms with Crippen LogP contribution in [-0.4, -0.2) is 17.1 Å². The first-order chi connectivity index (χ1) is 10.9. The quantitative estimate of drug-likeness (QED) is 0.691. The molecule has 0 unspecified atom stereocenters. The van der Waals surface area contributed by atoms with E-state index >= 15 is 0 Å². The van der Waals surface area contributed by atoms with Crippen molar-refractivity contribution in [2.45, 2.75) is 73.4 Å². The van der Waals surface area contributed by atoms with Gasteiger partial charge in [0.15, 0.2) is 0 Å². The predicted octanol–water partition coefficient (Wildman–Crippen LogP) is 5.50. The lowest BCUT2D eigenvalue weighted by Crippen LogP contribution is -2.53. The molecule has 0 atom stereocenters. The molecule has 0 saturated heterocycles. The van der Waals surface area contributed by atoms with Crippen LogP contribution in [0.15, 0.2) is 0 Å². The summed E-state index contributed by atoms with van der Waals surface area (Å²) in [6, 6.07) is 0. The molecule has 24 heavy (non-hydrogen) atoms. The first kappa shape index (κ1) is 17.3. The average Bonchev–Trinajstić information content (AvgIpc) is 2.48. The molecule has 1 N–H and O–H groups in total. The molecular weight excluding hydrogens is 294 g/mol. The molecule has 0 amide bonds. The summed E-state index contributed by atoms with van der Waals surface area (Å²) in [6.07, 6.45) is 0. The van der Waals surface area contributed by atoms with E-state index in [1.165, 1.54) is 38.8 Å². The highest BCUT2D eigenvalue weighted by Gasteiger charge is 2.46. The van der Waals surface area contributed by atoms with Crippen molar-refractivity contribution in [1.82, 2.24) is 4.90 Å². The van der Waals surface area contributed by atoms with Gasteiger partial charge in [-0.3, -0.25) is 4.90 Å². The van der Waals surface area contributed by atoms with Crippen molar-refractivity contribution in [3.63, 3.8) is 0 Å². The molecule has 0 saturated carbocycles. The molecule has 1 aliphatic rings. The maximum atomic E-state index is 11.0. The van der Waals surface area contributed by atoms with Gasteiger partial charge in [0.2, 0.25) is 0 Å². The Bertz CT molecular complexity index is 819. The zero-order chi connectivity index (χ0) is 18.4. The Labute approximate surface area is 146 Å². The van der Waals surface area contributed by atoms with E-state index in [-0.39, 0.29) is 11.1 Å². The first-order valence-corrected chi connectivity index (χ1v) is 8.87. The summed E-state index contributed by atoms with van der Waals surface area (Å²) in [4.78, 5) is 2.49. The fourth-order valence-electron chi connectivity index (χ4n) is 5.01. The minimum absolute atomic E-state index is 0.0918. The summed E-state index contributed by atoms with van der Waals surface area (Å²) in [5.74, 6) is 0.462. The third kappa shape index (κ3) is 1.75. The van der Waals surface area contributed by atoms with Crippen LogP contribution in [0.3, 0.4) is 0 Å². The molecule has 130 valence electrons. The van der Waals surface area contributed by atoms with Crippen molar-refractivity contribution in [2.24, 2.45) is 0 Å². The Morgan fingerprint density at radius 2 is 1.04 bits per heavy atom. The molecule has 0 radical (unpaired) electrons. The molecule has 0 bridgehead atoms. The van der Waals surface area contributed by atoms with Gasteiger partial charge in [0.1, 0.15) is 5.75 Å². The van der Waals surface area contributed by atoms with Gasteiger partial charge < -0.3 is 5.11 Å². The Kier molecular flexibility index (Phi) is 3.43. The maximum absolute atomic E-state index is 11.0. The monoisotopic (exact) mass is 325 g/mol. The number of hydrogen-bond donors (Lipinski definition) is 1. The standard InChI is InChI=1S/C22H31NO/c1-11-12(2)16-17-18(13(11)3)21(6,7)23(10)22(8,9)19(17)14(4)15(5)20(16)24/h24H,1-10H3. The number of aromatic hydroxyl groups is 1. The second kappa shape index (κ2) is 4.76. The number of benzene rings is 2. The van der Waals surface area contributed by atoms with E-state index in [4.69, 9.17) is 0 Å². The van der Waals surface area contributed by atoms with Crippen LogP contribution < -0.4 is 0 Å². The second-order valence-electron chi connectivity index (χ2n) is 8.65. The summed E-state index contributed by atoms with van der Waals surface area (Å²) >= 11 is 0. The molecule has 1 aliphatic heterocycles. The molecule has 3 rings (SSSR count). The molecule has 0 fully saturated rings. The van der Waals surface area contributed by atoms with Crippen LogP contribution in [-0.2, 0) is 11.1 Å². The maximum Gasteiger partial charge on any atom is 0.126 e. The number of hydrogen-bond acceptors (Lipinski definition) is 2. The fourth-order valence-corrected chi connectivity index (χ4v) is 5.01. The molecule has 2 heteroatoms. The Balaban J connectivity index is 2.78. The van der Waals surface area contributed by atoms with Crippen LogP contribution in [0.25, 0.3) is 10.8 Å². The average molecular weight is 325 g/mol. The molecule has 0 aliphatic carbocycles. The molecule has 2 nitrogen and oxygen atoms in total. The minimum atomic E-state index is -0.0918. The zero-order valence-corrected chi connectivity index (χ0v) is 16.9. The van der Waals surface area contributed by atoms with Gasteiger partial charge in [0.25, 0.3) is 0 Å². The highest BCUT2D eigenvalue weighted by Crippen LogP contribution is 2.54. The summed E-state index contributed by atoms with van der Waals surface area (Å²) < 4.78 is 0. The van der Waals surface area contributed by atoms with Gasteiger partial charge in [-0.1, -0.05) is 0 Å². The first-order valence-electron chi connectivity index (χ1n) is 8.87. The number of phenolic OH excluding ortho intramolecular Hbond substituents is 1. The lowest BCUT2D eigenvalue weighted by Gasteiger charge is -2.53. The van der Waals surface area contributed by atoms with Gasteiger partial charge in [-0.05, 0) is 114 Å². The van der Waals surface area contributed by atoms with Crippen molar-refractivity contribution in [2.75, 3.05) is 7.05 Å². The van der Waals surface area contributed by atoms with E-state index in [2.05, 4.69) is 67.3 Å². The van der Waals surface area contributed by atoms with Gasteiger partial charge in [-0.2, -0.15) is 0 Å². The van der Waals surface area contributed by atoms with Crippen molar-refractivity contribution in [3.8, 4) is 5.75 Å². The predicted molar refractivity (Wildman–Crippen MR) is 103 cm³/mol. The summed E-state index contributed by atoms with van der Waals surface area (Å²) in [6.45, 7) is 20.0. The highest BCUT2D eigenvalue weighted by atomic mass is 16.3. The molecule has 2 aromatic rings. The minimum Gasteiger partial charge on any atom is -0.507 e. The number of phenols is 1. The fraction of sp³-hybridized carbons (Fsp3) is 0.545. The molecule has 0 spiro atoms. The van der Waals surface area contributed by atoms with Gasteiger partial charge in [0, 0.05) is 16.5 Å². The third-order valence-corrected chi connectivity index (χ3v) is 7.06. The van der Waals surface area contributed by atoms with E-state index in [9.17, 15) is 5.11 Å². The summed E-state index contributed by atoms with van der Waals surface area (Å²) in [5.41, 5.74) is 8.65. The van der Waals surface area contributed by atoms with Gasteiger partial charge in [0.05, 0.1) is 0 Å². The zero-order valence-electron chi connectivity index (χ0n) is 16.9. The Morgan fingerprint density at radius 3 is 1.50 bits per heavy atom. The van der Waals surface area contributed by atoms with Crippen molar-refractivity contribution in [1.29, 1.82) is 0 Å².